The van der Waals surface area contributed by atoms with Crippen molar-refractivity contribution in [3.63, 3.8) is 0 Å². The van der Waals surface area contributed by atoms with Crippen molar-refractivity contribution < 1.29 is 23.4 Å². The van der Waals surface area contributed by atoms with E-state index in [1.807, 2.05) is 6.07 Å². The number of aromatic nitrogens is 1. The highest BCUT2D eigenvalue weighted by molar-refractivity contribution is 7.07. The molecule has 0 fully saturated rings. The number of thiazole rings is 1. The van der Waals surface area contributed by atoms with Gasteiger partial charge >= 0.3 is 6.18 Å². The summed E-state index contributed by atoms with van der Waals surface area (Å²) in [6, 6.07) is 13.0. The van der Waals surface area contributed by atoms with Gasteiger partial charge in [-0.05, 0) is 17.7 Å². The molecule has 2 aromatic carbocycles. The molecule has 2 N–H and O–H groups in total. The van der Waals surface area contributed by atoms with Crippen molar-refractivity contribution in [2.75, 3.05) is 6.54 Å². The van der Waals surface area contributed by atoms with Crippen LogP contribution in [-0.4, -0.2) is 33.8 Å². The average molecular weight is 393 g/mol. The topological polar surface area (TPSA) is 70.1 Å². The lowest BCUT2D eigenvalue weighted by molar-refractivity contribution is -0.118. The van der Waals surface area contributed by atoms with Crippen LogP contribution in [0.4, 0.5) is 13.2 Å². The number of hydrogen-bond acceptors (Lipinski definition) is 5. The average Bonchev–Trinajstić information content (AvgIpc) is 3.01. The molecule has 0 radical (unpaired) electrons. The Hall–Kier alpha value is -3.07. The van der Waals surface area contributed by atoms with Gasteiger partial charge in [-0.1, -0.05) is 30.3 Å². The highest BCUT2D eigenvalue weighted by Gasteiger charge is 2.26. The molecule has 9 heteroatoms. The van der Waals surface area contributed by atoms with E-state index in [1.54, 1.807) is 29.6 Å². The van der Waals surface area contributed by atoms with E-state index in [1.165, 1.54) is 23.0 Å². The smallest absolute Gasteiger partial charge is 0.408 e. The standard InChI is InChI=1S/C18H14F3N3O2S/c19-18(20,21)11-22-17-24(23-9-12-4-2-1-3-5-12)15(10-27-17)14-7-6-13(25)8-16(14)26/h1-10,25-26H,11H2/b22-17?,23-9+. The number of nitrogens with zero attached hydrogens (tertiary/aromatic N) is 3. The summed E-state index contributed by atoms with van der Waals surface area (Å²) < 4.78 is 38.9. The lowest BCUT2D eigenvalue weighted by Gasteiger charge is -2.07. The predicted octanol–water partition coefficient (Wildman–Crippen LogP) is 3.97. The van der Waals surface area contributed by atoms with Gasteiger partial charge in [-0.25, -0.2) is 9.67 Å². The van der Waals surface area contributed by atoms with Crippen LogP contribution in [0.2, 0.25) is 0 Å². The lowest BCUT2D eigenvalue weighted by atomic mass is 10.1. The van der Waals surface area contributed by atoms with Crippen LogP contribution in [0.15, 0.2) is 64.0 Å². The molecule has 0 saturated heterocycles. The van der Waals surface area contributed by atoms with Gasteiger partial charge in [-0.2, -0.15) is 18.3 Å². The maximum absolute atomic E-state index is 12.6. The van der Waals surface area contributed by atoms with Crippen LogP contribution in [-0.2, 0) is 0 Å². The molecule has 1 heterocycles. The van der Waals surface area contributed by atoms with Crippen molar-refractivity contribution in [2.24, 2.45) is 10.1 Å². The minimum absolute atomic E-state index is 0.0296. The van der Waals surface area contributed by atoms with Gasteiger partial charge in [0.2, 0.25) is 4.80 Å². The quantitative estimate of drug-likeness (QED) is 0.659. The fourth-order valence-corrected chi connectivity index (χ4v) is 3.09. The van der Waals surface area contributed by atoms with Crippen molar-refractivity contribution in [3.05, 3.63) is 64.3 Å². The Labute approximate surface area is 156 Å². The van der Waals surface area contributed by atoms with E-state index >= 15 is 0 Å². The fraction of sp³-hybridized carbons (Fsp3) is 0.111. The second-order valence-corrected chi connectivity index (χ2v) is 6.34. The summed E-state index contributed by atoms with van der Waals surface area (Å²) in [4.78, 5) is 3.62. The lowest BCUT2D eigenvalue weighted by Crippen LogP contribution is -2.18. The molecule has 0 amide bonds. The van der Waals surface area contributed by atoms with Crippen molar-refractivity contribution in [2.45, 2.75) is 6.18 Å². The highest BCUT2D eigenvalue weighted by Crippen LogP contribution is 2.32. The molecule has 0 spiro atoms. The molecular weight excluding hydrogens is 379 g/mol. The Morgan fingerprint density at radius 1 is 1.07 bits per heavy atom. The summed E-state index contributed by atoms with van der Waals surface area (Å²) in [5.41, 5.74) is 1.41. The van der Waals surface area contributed by atoms with Crippen LogP contribution in [0.5, 0.6) is 11.5 Å². The molecular formula is C18H14F3N3O2S. The molecule has 0 unspecified atom stereocenters. The number of benzene rings is 2. The summed E-state index contributed by atoms with van der Waals surface area (Å²) in [6.45, 7) is -1.34. The largest absolute Gasteiger partial charge is 0.508 e. The summed E-state index contributed by atoms with van der Waals surface area (Å²) in [5, 5.41) is 25.3. The molecule has 3 aromatic rings. The van der Waals surface area contributed by atoms with Crippen molar-refractivity contribution >= 4 is 17.6 Å². The zero-order valence-electron chi connectivity index (χ0n) is 13.8. The monoisotopic (exact) mass is 393 g/mol. The van der Waals surface area contributed by atoms with Crippen molar-refractivity contribution in [1.29, 1.82) is 0 Å². The fourth-order valence-electron chi connectivity index (χ4n) is 2.26. The van der Waals surface area contributed by atoms with E-state index < -0.39 is 12.7 Å². The van der Waals surface area contributed by atoms with Gasteiger partial charge in [0, 0.05) is 17.0 Å². The first kappa shape index (κ1) is 18.7. The predicted molar refractivity (Wildman–Crippen MR) is 97.0 cm³/mol. The number of hydrogen-bond donors (Lipinski definition) is 2. The van der Waals surface area contributed by atoms with Gasteiger partial charge in [0.05, 0.1) is 11.9 Å². The van der Waals surface area contributed by atoms with E-state index in [4.69, 9.17) is 0 Å². The van der Waals surface area contributed by atoms with E-state index in [9.17, 15) is 23.4 Å². The molecule has 3 rings (SSSR count). The normalized spacial score (nSPS) is 12.8. The maximum atomic E-state index is 12.6. The van der Waals surface area contributed by atoms with Gasteiger partial charge in [0.15, 0.2) is 0 Å². The van der Waals surface area contributed by atoms with E-state index in [0.717, 1.165) is 23.0 Å². The van der Waals surface area contributed by atoms with Crippen LogP contribution >= 0.6 is 11.3 Å². The minimum atomic E-state index is -4.44. The molecule has 27 heavy (non-hydrogen) atoms. The first-order chi connectivity index (χ1) is 12.8. The van der Waals surface area contributed by atoms with Gasteiger partial charge in [0.25, 0.3) is 0 Å². The van der Waals surface area contributed by atoms with Crippen LogP contribution in [0.3, 0.4) is 0 Å². The van der Waals surface area contributed by atoms with Gasteiger partial charge < -0.3 is 10.2 Å². The molecule has 0 aliphatic heterocycles. The Kier molecular flexibility index (Phi) is 5.31. The summed E-state index contributed by atoms with van der Waals surface area (Å²) >= 11 is 0.969. The number of aromatic hydroxyl groups is 2. The maximum Gasteiger partial charge on any atom is 0.408 e. The van der Waals surface area contributed by atoms with Gasteiger partial charge in [0.1, 0.15) is 18.0 Å². The Bertz CT molecular complexity index is 1020. The summed E-state index contributed by atoms with van der Waals surface area (Å²) in [5.74, 6) is -0.355. The third-order valence-electron chi connectivity index (χ3n) is 3.46. The van der Waals surface area contributed by atoms with Crippen LogP contribution in [0.1, 0.15) is 5.56 Å². The Morgan fingerprint density at radius 3 is 2.48 bits per heavy atom. The van der Waals surface area contributed by atoms with E-state index in [-0.39, 0.29) is 16.3 Å². The van der Waals surface area contributed by atoms with Crippen LogP contribution in [0, 0.1) is 0 Å². The van der Waals surface area contributed by atoms with Crippen molar-refractivity contribution in [1.82, 2.24) is 4.68 Å². The molecule has 0 atom stereocenters. The second kappa shape index (κ2) is 7.67. The van der Waals surface area contributed by atoms with Crippen LogP contribution < -0.4 is 4.80 Å². The third kappa shape index (κ3) is 4.76. The zero-order valence-corrected chi connectivity index (χ0v) is 14.6. The molecule has 0 aliphatic carbocycles. The highest BCUT2D eigenvalue weighted by atomic mass is 32.1. The Morgan fingerprint density at radius 2 is 1.81 bits per heavy atom. The molecule has 5 nitrogen and oxygen atoms in total. The number of halogens is 3. The van der Waals surface area contributed by atoms with Crippen LogP contribution in [0.25, 0.3) is 11.3 Å². The van der Waals surface area contributed by atoms with Gasteiger partial charge in [-0.15, -0.1) is 11.3 Å². The molecule has 0 saturated carbocycles. The minimum Gasteiger partial charge on any atom is -0.508 e. The van der Waals surface area contributed by atoms with E-state index in [2.05, 4.69) is 10.1 Å². The van der Waals surface area contributed by atoms with Crippen molar-refractivity contribution in [3.8, 4) is 22.8 Å². The second-order valence-electron chi connectivity index (χ2n) is 5.50. The first-order valence-electron chi connectivity index (χ1n) is 7.73. The molecule has 140 valence electrons. The third-order valence-corrected chi connectivity index (χ3v) is 4.31. The molecule has 0 bridgehead atoms. The SMILES string of the molecule is Oc1ccc(-c2csc(=NCC(F)(F)F)n2/N=C/c2ccccc2)c(O)c1. The number of rotatable bonds is 4. The number of phenolic OH excluding ortho intramolecular Hbond substituents is 2. The van der Waals surface area contributed by atoms with E-state index in [0.29, 0.717) is 11.3 Å². The summed E-state index contributed by atoms with van der Waals surface area (Å²) in [6.07, 6.45) is -2.95. The Balaban J connectivity index is 2.11. The summed E-state index contributed by atoms with van der Waals surface area (Å²) in [7, 11) is 0. The first-order valence-corrected chi connectivity index (χ1v) is 8.61. The molecule has 0 aliphatic rings. The molecule has 1 aromatic heterocycles. The number of phenols is 2. The van der Waals surface area contributed by atoms with Gasteiger partial charge in [-0.3, -0.25) is 0 Å². The number of alkyl halides is 3. The zero-order chi connectivity index (χ0) is 19.4.